The van der Waals surface area contributed by atoms with Gasteiger partial charge in [0.2, 0.25) is 11.8 Å². The zero-order chi connectivity index (χ0) is 21.0. The van der Waals surface area contributed by atoms with Gasteiger partial charge in [-0.05, 0) is 24.8 Å². The lowest BCUT2D eigenvalue weighted by molar-refractivity contribution is -0.155. The number of thioether (sulfide) groups is 1. The van der Waals surface area contributed by atoms with Gasteiger partial charge in [-0.15, -0.1) is 0 Å². The molecule has 2 amide bonds. The Hall–Kier alpha value is -2.39. The minimum atomic E-state index is -1.08. The molecule has 9 heteroatoms. The van der Waals surface area contributed by atoms with Gasteiger partial charge in [0.15, 0.2) is 5.12 Å². The Morgan fingerprint density at radius 1 is 1.24 bits per heavy atom. The molecule has 0 aromatic heterocycles. The van der Waals surface area contributed by atoms with Crippen LogP contribution in [0.4, 0.5) is 0 Å². The fourth-order valence-corrected chi connectivity index (χ4v) is 4.57. The molecule has 2 saturated heterocycles. The summed E-state index contributed by atoms with van der Waals surface area (Å²) < 4.78 is 5.64. The van der Waals surface area contributed by atoms with Gasteiger partial charge in [0.05, 0.1) is 11.9 Å². The maximum Gasteiger partial charge on any atom is 0.326 e. The number of carboxylic acid groups (broad SMARTS) is 1. The first kappa shape index (κ1) is 21.3. The fourth-order valence-electron chi connectivity index (χ4n) is 3.72. The standard InChI is InChI=1S/C20H24N2O6S/c1-12(23)29-16(11-13-5-3-2-4-6-13)18(24)21-14-9-10-28-17-8-7-15(20(26)27)22(17)19(14)25/h2-6,14-17H,7-11H2,1H3,(H,21,24)(H,26,27)/t14-,15-,16+,17-/m0/s1. The van der Waals surface area contributed by atoms with Gasteiger partial charge < -0.3 is 20.1 Å². The van der Waals surface area contributed by atoms with E-state index in [0.717, 1.165) is 17.3 Å². The van der Waals surface area contributed by atoms with Crippen LogP contribution >= 0.6 is 11.8 Å². The van der Waals surface area contributed by atoms with Crippen molar-refractivity contribution in [2.45, 2.75) is 56.2 Å². The van der Waals surface area contributed by atoms with Crippen LogP contribution < -0.4 is 5.32 Å². The molecular weight excluding hydrogens is 396 g/mol. The van der Waals surface area contributed by atoms with Gasteiger partial charge in [0.1, 0.15) is 18.3 Å². The third kappa shape index (κ3) is 5.16. The van der Waals surface area contributed by atoms with E-state index in [0.29, 0.717) is 19.3 Å². The molecule has 0 radical (unpaired) electrons. The molecule has 0 bridgehead atoms. The van der Waals surface area contributed by atoms with E-state index < -0.39 is 41.3 Å². The summed E-state index contributed by atoms with van der Waals surface area (Å²) in [4.78, 5) is 50.3. The number of rotatable bonds is 6. The normalized spacial score (nSPS) is 25.1. The highest BCUT2D eigenvalue weighted by Crippen LogP contribution is 2.29. The third-order valence-corrected chi connectivity index (χ3v) is 6.07. The summed E-state index contributed by atoms with van der Waals surface area (Å²) >= 11 is 0.921. The van der Waals surface area contributed by atoms with Crippen molar-refractivity contribution >= 4 is 34.7 Å². The van der Waals surface area contributed by atoms with Gasteiger partial charge in [0, 0.05) is 13.3 Å². The Morgan fingerprint density at radius 3 is 2.62 bits per heavy atom. The number of carbonyl (C=O) groups excluding carboxylic acids is 3. The minimum absolute atomic E-state index is 0.192. The van der Waals surface area contributed by atoms with E-state index in [9.17, 15) is 24.3 Å². The molecule has 0 saturated carbocycles. The van der Waals surface area contributed by atoms with Crippen LogP contribution in [0.25, 0.3) is 0 Å². The summed E-state index contributed by atoms with van der Waals surface area (Å²) in [7, 11) is 0. The Morgan fingerprint density at radius 2 is 1.97 bits per heavy atom. The lowest BCUT2D eigenvalue weighted by Crippen LogP contribution is -2.54. The number of carboxylic acids is 1. The Balaban J connectivity index is 1.73. The highest BCUT2D eigenvalue weighted by molar-refractivity contribution is 8.14. The molecule has 2 fully saturated rings. The number of ether oxygens (including phenoxy) is 1. The highest BCUT2D eigenvalue weighted by atomic mass is 32.2. The largest absolute Gasteiger partial charge is 0.480 e. The van der Waals surface area contributed by atoms with Crippen molar-refractivity contribution < 1.29 is 29.0 Å². The lowest BCUT2D eigenvalue weighted by atomic mass is 10.1. The van der Waals surface area contributed by atoms with E-state index in [1.54, 1.807) is 0 Å². The monoisotopic (exact) mass is 420 g/mol. The van der Waals surface area contributed by atoms with Crippen LogP contribution in [0.5, 0.6) is 0 Å². The van der Waals surface area contributed by atoms with Gasteiger partial charge in [-0.25, -0.2) is 4.79 Å². The second kappa shape index (κ2) is 9.41. The van der Waals surface area contributed by atoms with E-state index >= 15 is 0 Å². The SMILES string of the molecule is CC(=O)S[C@H](Cc1ccccc1)C(=O)N[C@H]1CCO[C@H]2CC[C@@H](C(=O)O)N2C1=O. The van der Waals surface area contributed by atoms with E-state index in [2.05, 4.69) is 5.32 Å². The molecular formula is C20H24N2O6S. The first-order chi connectivity index (χ1) is 13.9. The van der Waals surface area contributed by atoms with Crippen LogP contribution in [0.1, 0.15) is 31.7 Å². The fraction of sp³-hybridized carbons (Fsp3) is 0.500. The quantitative estimate of drug-likeness (QED) is 0.711. The van der Waals surface area contributed by atoms with Crippen molar-refractivity contribution in [3.05, 3.63) is 35.9 Å². The number of hydrogen-bond acceptors (Lipinski definition) is 6. The van der Waals surface area contributed by atoms with E-state index in [1.807, 2.05) is 30.3 Å². The topological polar surface area (TPSA) is 113 Å². The summed E-state index contributed by atoms with van der Waals surface area (Å²) in [5, 5.41) is 11.3. The van der Waals surface area contributed by atoms with Gasteiger partial charge in [0.25, 0.3) is 0 Å². The average Bonchev–Trinajstić information content (AvgIpc) is 3.04. The number of hydrogen-bond donors (Lipinski definition) is 2. The second-order valence-corrected chi connectivity index (χ2v) is 8.52. The van der Waals surface area contributed by atoms with Gasteiger partial charge >= 0.3 is 5.97 Å². The van der Waals surface area contributed by atoms with Crippen molar-refractivity contribution in [3.8, 4) is 0 Å². The van der Waals surface area contributed by atoms with Crippen molar-refractivity contribution in [1.29, 1.82) is 0 Å². The third-order valence-electron chi connectivity index (χ3n) is 5.07. The van der Waals surface area contributed by atoms with Gasteiger partial charge in [-0.2, -0.15) is 0 Å². The molecule has 1 aromatic carbocycles. The van der Waals surface area contributed by atoms with Gasteiger partial charge in [-0.1, -0.05) is 42.1 Å². The van der Waals surface area contributed by atoms with Crippen LogP contribution in [0.3, 0.4) is 0 Å². The summed E-state index contributed by atoms with van der Waals surface area (Å²) in [6.07, 6.45) is 0.811. The molecule has 156 valence electrons. The highest BCUT2D eigenvalue weighted by Gasteiger charge is 2.46. The molecule has 8 nitrogen and oxygen atoms in total. The van der Waals surface area contributed by atoms with Crippen LogP contribution in [0.2, 0.25) is 0 Å². The molecule has 3 rings (SSSR count). The molecule has 0 unspecified atom stereocenters. The summed E-state index contributed by atoms with van der Waals surface area (Å²) in [5.74, 6) is -1.94. The maximum atomic E-state index is 13.0. The molecule has 2 N–H and O–H groups in total. The predicted octanol–water partition coefficient (Wildman–Crippen LogP) is 1.18. The number of amides is 2. The number of fused-ring (bicyclic) bond motifs is 1. The molecule has 1 aromatic rings. The number of nitrogens with zero attached hydrogens (tertiary/aromatic N) is 1. The molecule has 2 heterocycles. The number of aliphatic carboxylic acids is 1. The van der Waals surface area contributed by atoms with Crippen molar-refractivity contribution in [2.24, 2.45) is 0 Å². The van der Waals surface area contributed by atoms with Crippen LogP contribution in [0, 0.1) is 0 Å². The first-order valence-corrected chi connectivity index (χ1v) is 10.4. The number of nitrogens with one attached hydrogen (secondary N) is 1. The number of benzene rings is 1. The lowest BCUT2D eigenvalue weighted by Gasteiger charge is -2.28. The zero-order valence-corrected chi connectivity index (χ0v) is 16.9. The van der Waals surface area contributed by atoms with E-state index in [4.69, 9.17) is 4.74 Å². The molecule has 2 aliphatic heterocycles. The minimum Gasteiger partial charge on any atom is -0.480 e. The molecule has 2 aliphatic rings. The van der Waals surface area contributed by atoms with E-state index in [1.165, 1.54) is 11.8 Å². The van der Waals surface area contributed by atoms with Crippen molar-refractivity contribution in [1.82, 2.24) is 10.2 Å². The van der Waals surface area contributed by atoms with Crippen LogP contribution in [-0.4, -0.2) is 63.1 Å². The van der Waals surface area contributed by atoms with Crippen LogP contribution in [0.15, 0.2) is 30.3 Å². The first-order valence-electron chi connectivity index (χ1n) is 9.55. The summed E-state index contributed by atoms with van der Waals surface area (Å²) in [6, 6.07) is 7.50. The molecule has 0 spiro atoms. The molecule has 0 aliphatic carbocycles. The number of carbonyl (C=O) groups is 4. The Kier molecular flexibility index (Phi) is 6.92. The smallest absolute Gasteiger partial charge is 0.326 e. The van der Waals surface area contributed by atoms with E-state index in [-0.39, 0.29) is 18.1 Å². The average molecular weight is 420 g/mol. The molecule has 29 heavy (non-hydrogen) atoms. The Bertz CT molecular complexity index is 786. The van der Waals surface area contributed by atoms with Gasteiger partial charge in [-0.3, -0.25) is 14.4 Å². The zero-order valence-electron chi connectivity index (χ0n) is 16.1. The summed E-state index contributed by atoms with van der Waals surface area (Å²) in [6.45, 7) is 1.64. The van der Waals surface area contributed by atoms with Crippen LogP contribution in [-0.2, 0) is 30.3 Å². The maximum absolute atomic E-state index is 13.0. The predicted molar refractivity (Wildman–Crippen MR) is 106 cm³/mol. The second-order valence-electron chi connectivity index (χ2n) is 7.14. The van der Waals surface area contributed by atoms with Crippen molar-refractivity contribution in [2.75, 3.05) is 6.61 Å². The molecule has 4 atom stereocenters. The van der Waals surface area contributed by atoms with Crippen molar-refractivity contribution in [3.63, 3.8) is 0 Å². The summed E-state index contributed by atoms with van der Waals surface area (Å²) in [5.41, 5.74) is 0.905. The Labute approximate surface area is 173 Å².